The topological polar surface area (TPSA) is 104 Å². The summed E-state index contributed by atoms with van der Waals surface area (Å²) in [5, 5.41) is 0. The first-order chi connectivity index (χ1) is 28.5. The lowest BCUT2D eigenvalue weighted by Gasteiger charge is -2.35. The monoisotopic (exact) mass is 750 g/mol. The summed E-state index contributed by atoms with van der Waals surface area (Å²) < 4.78 is 0. The molecule has 0 spiro atoms. The van der Waals surface area contributed by atoms with Crippen molar-refractivity contribution in [2.75, 3.05) is 0 Å². The van der Waals surface area contributed by atoms with Crippen molar-refractivity contribution >= 4 is 0 Å². The van der Waals surface area contributed by atoms with E-state index in [0.29, 0.717) is 26.2 Å². The van der Waals surface area contributed by atoms with Crippen LogP contribution in [0.15, 0.2) is 182 Å². The molecule has 0 atom stereocenters. The SMILES string of the molecule is NCc1ccc(C2(c3ccc(CN)cc3)c3ccccc3-c3ccc(-c4ccc5c(c4)C(c4ccc(CN)cc4)(c4ccc(CN)cc4)c4ccccc4-5)cc32)cc1. The first kappa shape index (κ1) is 36.0. The van der Waals surface area contributed by atoms with E-state index in [1.54, 1.807) is 0 Å². The van der Waals surface area contributed by atoms with Gasteiger partial charge in [0.25, 0.3) is 0 Å². The molecule has 8 aromatic rings. The van der Waals surface area contributed by atoms with E-state index in [4.69, 9.17) is 22.9 Å². The van der Waals surface area contributed by atoms with Gasteiger partial charge in [-0.25, -0.2) is 0 Å². The summed E-state index contributed by atoms with van der Waals surface area (Å²) in [4.78, 5) is 0. The van der Waals surface area contributed by atoms with E-state index in [0.717, 1.165) is 33.4 Å². The smallest absolute Gasteiger partial charge is 0.0713 e. The van der Waals surface area contributed by atoms with Gasteiger partial charge in [0.05, 0.1) is 10.8 Å². The molecule has 0 amide bonds. The van der Waals surface area contributed by atoms with Crippen LogP contribution in [0, 0.1) is 0 Å². The molecule has 8 aromatic carbocycles. The molecule has 0 unspecified atom stereocenters. The average molecular weight is 751 g/mol. The first-order valence-electron chi connectivity index (χ1n) is 20.2. The second-order valence-corrected chi connectivity index (χ2v) is 15.7. The predicted molar refractivity (Wildman–Crippen MR) is 238 cm³/mol. The zero-order valence-corrected chi connectivity index (χ0v) is 32.5. The summed E-state index contributed by atoms with van der Waals surface area (Å²) in [5.41, 5.74) is 45.0. The Bertz CT molecular complexity index is 2510. The Morgan fingerprint density at radius 3 is 0.845 bits per heavy atom. The minimum atomic E-state index is -0.561. The third-order valence-electron chi connectivity index (χ3n) is 12.9. The van der Waals surface area contributed by atoms with E-state index in [2.05, 4.69) is 182 Å². The number of fused-ring (bicyclic) bond motifs is 6. The van der Waals surface area contributed by atoms with Crippen LogP contribution >= 0.6 is 0 Å². The molecule has 282 valence electrons. The van der Waals surface area contributed by atoms with Gasteiger partial charge < -0.3 is 22.9 Å². The summed E-state index contributed by atoms with van der Waals surface area (Å²) in [5.74, 6) is 0. The summed E-state index contributed by atoms with van der Waals surface area (Å²) >= 11 is 0. The Balaban J connectivity index is 1.23. The zero-order chi connectivity index (χ0) is 39.4. The third-order valence-corrected chi connectivity index (χ3v) is 12.9. The summed E-state index contributed by atoms with van der Waals surface area (Å²) in [6, 6.07) is 67.5. The third kappa shape index (κ3) is 5.23. The van der Waals surface area contributed by atoms with Crippen molar-refractivity contribution < 1.29 is 0 Å². The normalized spacial score (nSPS) is 14.1. The van der Waals surface area contributed by atoms with Gasteiger partial charge in [0.1, 0.15) is 0 Å². The van der Waals surface area contributed by atoms with Gasteiger partial charge in [-0.1, -0.05) is 170 Å². The maximum absolute atomic E-state index is 6.13. The Kier molecular flexibility index (Phi) is 8.81. The van der Waals surface area contributed by atoms with E-state index in [1.807, 2.05) is 0 Å². The molecule has 58 heavy (non-hydrogen) atoms. The highest BCUT2D eigenvalue weighted by atomic mass is 14.5. The molecule has 0 heterocycles. The van der Waals surface area contributed by atoms with E-state index < -0.39 is 10.8 Å². The van der Waals surface area contributed by atoms with Gasteiger partial charge in [-0.2, -0.15) is 0 Å². The van der Waals surface area contributed by atoms with Gasteiger partial charge in [-0.3, -0.25) is 0 Å². The Labute approximate surface area is 340 Å². The molecule has 4 heteroatoms. The largest absolute Gasteiger partial charge is 0.326 e. The fraction of sp³-hybridized carbons (Fsp3) is 0.111. The van der Waals surface area contributed by atoms with Crippen LogP contribution in [0.25, 0.3) is 33.4 Å². The molecular formula is C54H46N4. The molecule has 2 aliphatic rings. The number of hydrogen-bond acceptors (Lipinski definition) is 4. The van der Waals surface area contributed by atoms with Gasteiger partial charge in [-0.15, -0.1) is 0 Å². The molecule has 4 nitrogen and oxygen atoms in total. The average Bonchev–Trinajstić information content (AvgIpc) is 3.77. The van der Waals surface area contributed by atoms with Crippen molar-refractivity contribution in [2.24, 2.45) is 22.9 Å². The molecule has 0 radical (unpaired) electrons. The standard InChI is InChI=1S/C54H46N4/c55-31-35-9-19-41(20-10-35)53(42-21-11-36(32-56)12-22-42)49-7-3-1-5-45(49)47-27-17-39(29-51(47)53)40-18-28-48-46-6-2-4-8-50(46)54(52(48)30-40,43-23-13-37(33-57)14-24-43)44-25-15-38(34-58)16-26-44/h1-30H,31-34,55-58H2. The second-order valence-electron chi connectivity index (χ2n) is 15.7. The quantitative estimate of drug-likeness (QED) is 0.118. The molecule has 0 saturated carbocycles. The molecule has 8 N–H and O–H groups in total. The van der Waals surface area contributed by atoms with Crippen molar-refractivity contribution in [3.05, 3.63) is 249 Å². The van der Waals surface area contributed by atoms with Gasteiger partial charge in [0, 0.05) is 26.2 Å². The fourth-order valence-corrected chi connectivity index (χ4v) is 10.1. The van der Waals surface area contributed by atoms with Crippen LogP contribution in [0.2, 0.25) is 0 Å². The van der Waals surface area contributed by atoms with Gasteiger partial charge in [0.2, 0.25) is 0 Å². The molecule has 0 aliphatic heterocycles. The molecule has 0 fully saturated rings. The van der Waals surface area contributed by atoms with Crippen LogP contribution in [0.3, 0.4) is 0 Å². The Hall–Kier alpha value is -6.40. The Morgan fingerprint density at radius 2 is 0.552 bits per heavy atom. The summed E-state index contributed by atoms with van der Waals surface area (Å²) in [7, 11) is 0. The van der Waals surface area contributed by atoms with Crippen LogP contribution in [0.5, 0.6) is 0 Å². The fourth-order valence-electron chi connectivity index (χ4n) is 10.1. The number of benzene rings is 8. The second kappa shape index (κ2) is 14.2. The maximum Gasteiger partial charge on any atom is 0.0713 e. The van der Waals surface area contributed by atoms with Gasteiger partial charge in [-0.05, 0) is 112 Å². The summed E-state index contributed by atoms with van der Waals surface area (Å²) in [6.07, 6.45) is 0. The molecular weight excluding hydrogens is 705 g/mol. The lowest BCUT2D eigenvalue weighted by molar-refractivity contribution is 0.765. The highest BCUT2D eigenvalue weighted by Gasteiger charge is 2.48. The van der Waals surface area contributed by atoms with Crippen LogP contribution < -0.4 is 22.9 Å². The summed E-state index contributed by atoms with van der Waals surface area (Å²) in [6.45, 7) is 1.98. The van der Waals surface area contributed by atoms with Crippen molar-refractivity contribution in [3.8, 4) is 33.4 Å². The molecule has 0 saturated heterocycles. The molecule has 0 aromatic heterocycles. The van der Waals surface area contributed by atoms with Crippen molar-refractivity contribution in [1.82, 2.24) is 0 Å². The number of rotatable bonds is 9. The van der Waals surface area contributed by atoms with Gasteiger partial charge >= 0.3 is 0 Å². The maximum atomic E-state index is 6.13. The van der Waals surface area contributed by atoms with Gasteiger partial charge in [0.15, 0.2) is 0 Å². The minimum Gasteiger partial charge on any atom is -0.326 e. The molecule has 0 bridgehead atoms. The number of nitrogens with two attached hydrogens (primary N) is 4. The lowest BCUT2D eigenvalue weighted by atomic mass is 9.66. The first-order valence-corrected chi connectivity index (χ1v) is 20.2. The highest BCUT2D eigenvalue weighted by molar-refractivity contribution is 5.91. The predicted octanol–water partition coefficient (Wildman–Crippen LogP) is 9.91. The molecule has 10 rings (SSSR count). The van der Waals surface area contributed by atoms with Crippen LogP contribution in [0.1, 0.15) is 66.8 Å². The van der Waals surface area contributed by atoms with E-state index in [9.17, 15) is 0 Å². The molecule has 2 aliphatic carbocycles. The van der Waals surface area contributed by atoms with Crippen LogP contribution in [-0.4, -0.2) is 0 Å². The van der Waals surface area contributed by atoms with E-state index >= 15 is 0 Å². The lowest BCUT2D eigenvalue weighted by Crippen LogP contribution is -2.29. The van der Waals surface area contributed by atoms with E-state index in [1.165, 1.54) is 66.8 Å². The number of hydrogen-bond donors (Lipinski definition) is 4. The zero-order valence-electron chi connectivity index (χ0n) is 32.5. The Morgan fingerprint density at radius 1 is 0.276 bits per heavy atom. The van der Waals surface area contributed by atoms with Crippen LogP contribution in [0.4, 0.5) is 0 Å². The van der Waals surface area contributed by atoms with Crippen molar-refractivity contribution in [1.29, 1.82) is 0 Å². The van der Waals surface area contributed by atoms with E-state index in [-0.39, 0.29) is 0 Å². The minimum absolute atomic E-state index is 0.494. The van der Waals surface area contributed by atoms with Crippen molar-refractivity contribution in [3.63, 3.8) is 0 Å². The van der Waals surface area contributed by atoms with Crippen LogP contribution in [-0.2, 0) is 37.0 Å². The highest BCUT2D eigenvalue weighted by Crippen LogP contribution is 2.59. The van der Waals surface area contributed by atoms with Crippen molar-refractivity contribution in [2.45, 2.75) is 37.0 Å².